The molecule has 0 aliphatic heterocycles. The first-order valence-corrected chi connectivity index (χ1v) is 4.94. The third-order valence-electron chi connectivity index (χ3n) is 2.99. The quantitative estimate of drug-likeness (QED) is 0.649. The second kappa shape index (κ2) is 3.13. The Morgan fingerprint density at radius 2 is 1.85 bits per heavy atom. The van der Waals surface area contributed by atoms with E-state index in [1.54, 1.807) is 12.1 Å². The zero-order valence-electron chi connectivity index (χ0n) is 8.13. The summed E-state index contributed by atoms with van der Waals surface area (Å²) in [6.45, 7) is 4.52. The van der Waals surface area contributed by atoms with Crippen LogP contribution in [0.1, 0.15) is 31.7 Å². The number of hydrogen-bond acceptors (Lipinski definition) is 0. The first-order valence-electron chi connectivity index (χ1n) is 4.94. The molecule has 0 saturated heterocycles. The molecular weight excluding hydrogens is 163 g/mol. The van der Waals surface area contributed by atoms with Crippen molar-refractivity contribution in [2.24, 2.45) is 11.8 Å². The smallest absolute Gasteiger partial charge is 0.123 e. The molecule has 1 aliphatic carbocycles. The first-order chi connectivity index (χ1) is 6.18. The second-order valence-corrected chi connectivity index (χ2v) is 4.30. The maximum atomic E-state index is 12.6. The highest BCUT2D eigenvalue weighted by atomic mass is 19.1. The normalized spacial score (nSPS) is 26.5. The Morgan fingerprint density at radius 3 is 2.31 bits per heavy atom. The molecule has 0 bridgehead atoms. The Hall–Kier alpha value is -0.850. The summed E-state index contributed by atoms with van der Waals surface area (Å²) in [7, 11) is 0. The number of hydrogen-bond donors (Lipinski definition) is 0. The van der Waals surface area contributed by atoms with Crippen molar-refractivity contribution in [1.29, 1.82) is 0 Å². The van der Waals surface area contributed by atoms with Crippen molar-refractivity contribution in [2.75, 3.05) is 0 Å². The van der Waals surface area contributed by atoms with Crippen molar-refractivity contribution in [3.8, 4) is 0 Å². The maximum Gasteiger partial charge on any atom is 0.123 e. The van der Waals surface area contributed by atoms with Crippen LogP contribution in [0.15, 0.2) is 24.3 Å². The number of benzene rings is 1. The largest absolute Gasteiger partial charge is 0.207 e. The molecule has 1 aromatic rings. The van der Waals surface area contributed by atoms with E-state index in [2.05, 4.69) is 13.8 Å². The van der Waals surface area contributed by atoms with Crippen LogP contribution in [0.2, 0.25) is 0 Å². The Kier molecular flexibility index (Phi) is 2.10. The Balaban J connectivity index is 2.08. The van der Waals surface area contributed by atoms with E-state index in [9.17, 15) is 4.39 Å². The van der Waals surface area contributed by atoms with Crippen LogP contribution in [-0.2, 0) is 0 Å². The van der Waals surface area contributed by atoms with E-state index in [0.29, 0.717) is 5.92 Å². The van der Waals surface area contributed by atoms with Gasteiger partial charge in [-0.1, -0.05) is 26.0 Å². The van der Waals surface area contributed by atoms with Gasteiger partial charge in [-0.15, -0.1) is 0 Å². The van der Waals surface area contributed by atoms with Crippen LogP contribution >= 0.6 is 0 Å². The van der Waals surface area contributed by atoms with Crippen molar-refractivity contribution >= 4 is 0 Å². The van der Waals surface area contributed by atoms with Crippen LogP contribution in [0.25, 0.3) is 0 Å². The Bertz CT molecular complexity index is 286. The fraction of sp³-hybridized carbons (Fsp3) is 0.500. The molecule has 13 heavy (non-hydrogen) atoms. The van der Waals surface area contributed by atoms with E-state index in [1.807, 2.05) is 12.1 Å². The fourth-order valence-electron chi connectivity index (χ4n) is 2.04. The highest BCUT2D eigenvalue weighted by Gasteiger charge is 2.39. The number of rotatable bonds is 2. The molecule has 1 saturated carbocycles. The van der Waals surface area contributed by atoms with E-state index in [0.717, 1.165) is 11.8 Å². The lowest BCUT2D eigenvalue weighted by Crippen LogP contribution is -1.92. The standard InChI is InChI=1S/C12H15F/c1-8(2)11-7-12(11)9-3-5-10(13)6-4-9/h3-6,8,11-12H,7H2,1-2H3/t11-,12+/m1/s1. The summed E-state index contributed by atoms with van der Waals surface area (Å²) in [5.74, 6) is 2.15. The topological polar surface area (TPSA) is 0 Å². The molecule has 0 aromatic heterocycles. The van der Waals surface area contributed by atoms with Crippen LogP contribution in [-0.4, -0.2) is 0 Å². The van der Waals surface area contributed by atoms with Crippen molar-refractivity contribution in [1.82, 2.24) is 0 Å². The van der Waals surface area contributed by atoms with Gasteiger partial charge in [0, 0.05) is 0 Å². The lowest BCUT2D eigenvalue weighted by atomic mass is 10.0. The van der Waals surface area contributed by atoms with E-state index < -0.39 is 0 Å². The van der Waals surface area contributed by atoms with Gasteiger partial charge < -0.3 is 0 Å². The van der Waals surface area contributed by atoms with Crippen LogP contribution < -0.4 is 0 Å². The van der Waals surface area contributed by atoms with Crippen molar-refractivity contribution in [2.45, 2.75) is 26.2 Å². The van der Waals surface area contributed by atoms with Gasteiger partial charge in [-0.2, -0.15) is 0 Å². The first kappa shape index (κ1) is 8.74. The van der Waals surface area contributed by atoms with Gasteiger partial charge >= 0.3 is 0 Å². The summed E-state index contributed by atoms with van der Waals surface area (Å²) in [6, 6.07) is 6.96. The van der Waals surface area contributed by atoms with Crippen molar-refractivity contribution in [3.63, 3.8) is 0 Å². The van der Waals surface area contributed by atoms with Crippen LogP contribution in [0.5, 0.6) is 0 Å². The molecule has 2 rings (SSSR count). The molecule has 0 nitrogen and oxygen atoms in total. The second-order valence-electron chi connectivity index (χ2n) is 4.30. The minimum Gasteiger partial charge on any atom is -0.207 e. The summed E-state index contributed by atoms with van der Waals surface area (Å²) in [6.07, 6.45) is 1.28. The summed E-state index contributed by atoms with van der Waals surface area (Å²) in [4.78, 5) is 0. The van der Waals surface area contributed by atoms with Gasteiger partial charge in [-0.05, 0) is 41.9 Å². The van der Waals surface area contributed by atoms with Crippen molar-refractivity contribution in [3.05, 3.63) is 35.6 Å². The van der Waals surface area contributed by atoms with E-state index in [1.165, 1.54) is 12.0 Å². The van der Waals surface area contributed by atoms with Crippen LogP contribution in [0.3, 0.4) is 0 Å². The molecule has 0 unspecified atom stereocenters. The molecular formula is C12H15F. The van der Waals surface area contributed by atoms with Gasteiger partial charge in [0.1, 0.15) is 5.82 Å². The molecule has 1 aromatic carbocycles. The molecule has 1 fully saturated rings. The average Bonchev–Trinajstić information content (AvgIpc) is 2.85. The summed E-state index contributed by atoms with van der Waals surface area (Å²) < 4.78 is 12.6. The van der Waals surface area contributed by atoms with E-state index in [4.69, 9.17) is 0 Å². The minimum absolute atomic E-state index is 0.134. The zero-order chi connectivity index (χ0) is 9.42. The van der Waals surface area contributed by atoms with Crippen LogP contribution in [0, 0.1) is 17.7 Å². The minimum atomic E-state index is -0.134. The Morgan fingerprint density at radius 1 is 1.23 bits per heavy atom. The van der Waals surface area contributed by atoms with Gasteiger partial charge in [0.2, 0.25) is 0 Å². The summed E-state index contributed by atoms with van der Waals surface area (Å²) in [5.41, 5.74) is 1.31. The van der Waals surface area contributed by atoms with Crippen molar-refractivity contribution < 1.29 is 4.39 Å². The summed E-state index contributed by atoms with van der Waals surface area (Å²) in [5, 5.41) is 0. The predicted molar refractivity (Wildman–Crippen MR) is 52.1 cm³/mol. The Labute approximate surface area is 78.8 Å². The molecule has 0 spiro atoms. The predicted octanol–water partition coefficient (Wildman–Crippen LogP) is 3.59. The lowest BCUT2D eigenvalue weighted by Gasteiger charge is -2.03. The third kappa shape index (κ3) is 1.74. The number of halogens is 1. The molecule has 0 radical (unpaired) electrons. The average molecular weight is 178 g/mol. The summed E-state index contributed by atoms with van der Waals surface area (Å²) >= 11 is 0. The molecule has 0 amide bonds. The fourth-order valence-corrected chi connectivity index (χ4v) is 2.04. The van der Waals surface area contributed by atoms with Gasteiger partial charge in [0.15, 0.2) is 0 Å². The van der Waals surface area contributed by atoms with Gasteiger partial charge in [0.05, 0.1) is 0 Å². The van der Waals surface area contributed by atoms with Crippen LogP contribution in [0.4, 0.5) is 4.39 Å². The third-order valence-corrected chi connectivity index (χ3v) is 2.99. The molecule has 0 heterocycles. The van der Waals surface area contributed by atoms with Gasteiger partial charge in [0.25, 0.3) is 0 Å². The molecule has 1 aliphatic rings. The molecule has 0 N–H and O–H groups in total. The zero-order valence-corrected chi connectivity index (χ0v) is 8.13. The monoisotopic (exact) mass is 178 g/mol. The highest BCUT2D eigenvalue weighted by Crippen LogP contribution is 2.51. The van der Waals surface area contributed by atoms with E-state index >= 15 is 0 Å². The van der Waals surface area contributed by atoms with E-state index in [-0.39, 0.29) is 5.82 Å². The lowest BCUT2D eigenvalue weighted by molar-refractivity contribution is 0.548. The SMILES string of the molecule is CC(C)[C@H]1C[C@H]1c1ccc(F)cc1. The van der Waals surface area contributed by atoms with Gasteiger partial charge in [-0.3, -0.25) is 0 Å². The highest BCUT2D eigenvalue weighted by molar-refractivity contribution is 5.26. The van der Waals surface area contributed by atoms with Gasteiger partial charge in [-0.25, -0.2) is 4.39 Å². The molecule has 70 valence electrons. The molecule has 2 atom stereocenters. The molecule has 1 heteroatoms. The maximum absolute atomic E-state index is 12.6.